The third-order valence-electron chi connectivity index (χ3n) is 3.03. The smallest absolute Gasteiger partial charge is 0.258 e. The lowest BCUT2D eigenvalue weighted by Gasteiger charge is -2.21. The monoisotopic (exact) mass is 283 g/mol. The van der Waals surface area contributed by atoms with Crippen LogP contribution in [-0.4, -0.2) is 25.3 Å². The van der Waals surface area contributed by atoms with Crippen molar-refractivity contribution in [3.63, 3.8) is 0 Å². The van der Waals surface area contributed by atoms with Crippen LogP contribution in [0.3, 0.4) is 0 Å². The number of hydrogen-bond donors (Lipinski definition) is 0. The predicted molar refractivity (Wildman–Crippen MR) is 81.8 cm³/mol. The van der Waals surface area contributed by atoms with Gasteiger partial charge in [-0.15, -0.1) is 0 Å². The first-order valence-electron chi connectivity index (χ1n) is 6.79. The van der Waals surface area contributed by atoms with Crippen LogP contribution in [0.4, 0.5) is 5.69 Å². The second-order valence-corrected chi connectivity index (χ2v) is 4.39. The van der Waals surface area contributed by atoms with Gasteiger partial charge < -0.3 is 9.64 Å². The summed E-state index contributed by atoms with van der Waals surface area (Å²) in [5.74, 6) is 0.414. The van der Waals surface area contributed by atoms with Gasteiger partial charge in [0.15, 0.2) is 6.29 Å². The second kappa shape index (κ2) is 7.24. The average molecular weight is 283 g/mol. The number of anilines is 1. The van der Waals surface area contributed by atoms with Crippen molar-refractivity contribution >= 4 is 17.9 Å². The van der Waals surface area contributed by atoms with Crippen LogP contribution in [0.2, 0.25) is 0 Å². The first kappa shape index (κ1) is 14.8. The number of ether oxygens (including phenoxy) is 1. The molecule has 0 fully saturated rings. The number of nitrogens with zero attached hydrogens (tertiary/aromatic N) is 1. The molecule has 108 valence electrons. The molecule has 0 saturated heterocycles. The van der Waals surface area contributed by atoms with E-state index in [0.29, 0.717) is 24.1 Å². The minimum Gasteiger partial charge on any atom is -0.486 e. The molecule has 21 heavy (non-hydrogen) atoms. The molecular weight excluding hydrogens is 266 g/mol. The van der Waals surface area contributed by atoms with Crippen LogP contribution in [0.1, 0.15) is 17.3 Å². The molecule has 0 spiro atoms. The van der Waals surface area contributed by atoms with Gasteiger partial charge in [0.05, 0.1) is 0 Å². The van der Waals surface area contributed by atoms with Crippen molar-refractivity contribution in [1.82, 2.24) is 0 Å². The Morgan fingerprint density at radius 2 is 1.90 bits per heavy atom. The second-order valence-electron chi connectivity index (χ2n) is 4.39. The van der Waals surface area contributed by atoms with E-state index in [2.05, 4.69) is 0 Å². The lowest BCUT2D eigenvalue weighted by Crippen LogP contribution is -2.30. The molecule has 2 aromatic rings. The molecule has 0 N–H and O–H groups in total. The van der Waals surface area contributed by atoms with Gasteiger partial charge in [-0.25, -0.2) is 0 Å². The minimum atomic E-state index is -0.0970. The van der Waals surface area contributed by atoms with Crippen LogP contribution in [-0.2, 0) is 4.79 Å². The highest BCUT2D eigenvalue weighted by Crippen LogP contribution is 2.19. The molecule has 1 amide bonds. The highest BCUT2D eigenvalue weighted by molar-refractivity contribution is 6.06. The summed E-state index contributed by atoms with van der Waals surface area (Å²) in [5, 5.41) is 0. The van der Waals surface area contributed by atoms with E-state index < -0.39 is 0 Å². The molecule has 0 saturated carbocycles. The zero-order valence-corrected chi connectivity index (χ0v) is 11.9. The number of aldehydes is 1. The Balaban J connectivity index is 2.23. The molecule has 2 rings (SSSR count). The number of carbonyl (C=O) groups excluding carboxylic acids is 2. The SMILES string of the molecule is CCN(C(=O)c1cccc(OCC=O)c1)c1ccccc1. The fourth-order valence-electron chi connectivity index (χ4n) is 2.06. The fourth-order valence-corrected chi connectivity index (χ4v) is 2.06. The Hall–Kier alpha value is -2.62. The molecule has 4 heteroatoms. The summed E-state index contributed by atoms with van der Waals surface area (Å²) in [4.78, 5) is 24.6. The number of rotatable bonds is 6. The molecule has 2 aromatic carbocycles. The molecule has 0 aliphatic carbocycles. The number of amides is 1. The summed E-state index contributed by atoms with van der Waals surface area (Å²) < 4.78 is 5.23. The van der Waals surface area contributed by atoms with Gasteiger partial charge in [0.1, 0.15) is 12.4 Å². The Kier molecular flexibility index (Phi) is 5.10. The molecule has 0 aliphatic heterocycles. The molecule has 0 atom stereocenters. The summed E-state index contributed by atoms with van der Waals surface area (Å²) >= 11 is 0. The molecule has 0 radical (unpaired) electrons. The van der Waals surface area contributed by atoms with E-state index in [9.17, 15) is 9.59 Å². The molecule has 0 unspecified atom stereocenters. The van der Waals surface area contributed by atoms with Crippen LogP contribution in [0.5, 0.6) is 5.75 Å². The molecule has 0 heterocycles. The highest BCUT2D eigenvalue weighted by Gasteiger charge is 2.16. The van der Waals surface area contributed by atoms with Gasteiger partial charge in [-0.1, -0.05) is 24.3 Å². The van der Waals surface area contributed by atoms with Crippen LogP contribution < -0.4 is 9.64 Å². The first-order chi connectivity index (χ1) is 10.3. The minimum absolute atomic E-state index is 0.0200. The van der Waals surface area contributed by atoms with E-state index in [1.807, 2.05) is 37.3 Å². The van der Waals surface area contributed by atoms with Crippen molar-refractivity contribution < 1.29 is 14.3 Å². The van der Waals surface area contributed by atoms with Gasteiger partial charge in [-0.05, 0) is 37.3 Å². The Morgan fingerprint density at radius 3 is 2.57 bits per heavy atom. The van der Waals surface area contributed by atoms with E-state index in [1.165, 1.54) is 0 Å². The van der Waals surface area contributed by atoms with Gasteiger partial charge in [0, 0.05) is 17.8 Å². The van der Waals surface area contributed by atoms with Crippen molar-refractivity contribution in [3.8, 4) is 5.75 Å². The van der Waals surface area contributed by atoms with Crippen molar-refractivity contribution in [3.05, 3.63) is 60.2 Å². The van der Waals surface area contributed by atoms with Crippen LogP contribution >= 0.6 is 0 Å². The lowest BCUT2D eigenvalue weighted by molar-refractivity contribution is -0.109. The number of benzene rings is 2. The largest absolute Gasteiger partial charge is 0.486 e. The summed E-state index contributed by atoms with van der Waals surface area (Å²) in [5.41, 5.74) is 1.38. The normalized spacial score (nSPS) is 9.95. The number of hydrogen-bond acceptors (Lipinski definition) is 3. The number of para-hydroxylation sites is 1. The fraction of sp³-hybridized carbons (Fsp3) is 0.176. The topological polar surface area (TPSA) is 46.6 Å². The van der Waals surface area contributed by atoms with Gasteiger partial charge >= 0.3 is 0 Å². The number of carbonyl (C=O) groups is 2. The third-order valence-corrected chi connectivity index (χ3v) is 3.03. The summed E-state index contributed by atoms with van der Waals surface area (Å²) in [6, 6.07) is 16.4. The van der Waals surface area contributed by atoms with Gasteiger partial charge in [-0.2, -0.15) is 0 Å². The van der Waals surface area contributed by atoms with E-state index in [0.717, 1.165) is 5.69 Å². The maximum atomic E-state index is 12.6. The van der Waals surface area contributed by atoms with Crippen molar-refractivity contribution in [2.45, 2.75) is 6.92 Å². The highest BCUT2D eigenvalue weighted by atomic mass is 16.5. The first-order valence-corrected chi connectivity index (χ1v) is 6.79. The predicted octanol–water partition coefficient (Wildman–Crippen LogP) is 2.93. The summed E-state index contributed by atoms with van der Waals surface area (Å²) in [6.45, 7) is 2.48. The lowest BCUT2D eigenvalue weighted by atomic mass is 10.1. The Morgan fingerprint density at radius 1 is 1.14 bits per heavy atom. The Labute approximate surface area is 124 Å². The zero-order valence-electron chi connectivity index (χ0n) is 11.9. The van der Waals surface area contributed by atoms with E-state index in [-0.39, 0.29) is 12.5 Å². The summed E-state index contributed by atoms with van der Waals surface area (Å²) in [6.07, 6.45) is 0.677. The van der Waals surface area contributed by atoms with Crippen LogP contribution in [0, 0.1) is 0 Å². The van der Waals surface area contributed by atoms with E-state index >= 15 is 0 Å². The van der Waals surface area contributed by atoms with Crippen LogP contribution in [0.25, 0.3) is 0 Å². The maximum Gasteiger partial charge on any atom is 0.258 e. The summed E-state index contributed by atoms with van der Waals surface area (Å²) in [7, 11) is 0. The van der Waals surface area contributed by atoms with Gasteiger partial charge in [0.25, 0.3) is 5.91 Å². The van der Waals surface area contributed by atoms with Crippen molar-refractivity contribution in [2.24, 2.45) is 0 Å². The third kappa shape index (κ3) is 3.69. The van der Waals surface area contributed by atoms with Crippen molar-refractivity contribution in [2.75, 3.05) is 18.1 Å². The van der Waals surface area contributed by atoms with Gasteiger partial charge in [0.2, 0.25) is 0 Å². The van der Waals surface area contributed by atoms with E-state index in [4.69, 9.17) is 4.74 Å². The zero-order chi connectivity index (χ0) is 15.1. The molecule has 0 bridgehead atoms. The Bertz CT molecular complexity index is 610. The average Bonchev–Trinajstić information content (AvgIpc) is 2.55. The van der Waals surface area contributed by atoms with Crippen molar-refractivity contribution in [1.29, 1.82) is 0 Å². The maximum absolute atomic E-state index is 12.6. The van der Waals surface area contributed by atoms with Gasteiger partial charge in [-0.3, -0.25) is 9.59 Å². The molecular formula is C17H17NO3. The standard InChI is InChI=1S/C17H17NO3/c1-2-18(15-8-4-3-5-9-15)17(20)14-7-6-10-16(13-14)21-12-11-19/h3-11,13H,2,12H2,1H3. The molecule has 0 aromatic heterocycles. The van der Waals surface area contributed by atoms with Crippen LogP contribution in [0.15, 0.2) is 54.6 Å². The van der Waals surface area contributed by atoms with E-state index in [1.54, 1.807) is 29.2 Å². The molecule has 4 nitrogen and oxygen atoms in total. The quantitative estimate of drug-likeness (QED) is 0.766. The molecule has 0 aliphatic rings.